The Labute approximate surface area is 152 Å². The van der Waals surface area contributed by atoms with Crippen LogP contribution in [0.15, 0.2) is 42.7 Å². The first-order valence-electron chi connectivity index (χ1n) is 9.02. The Kier molecular flexibility index (Phi) is 4.42. The minimum absolute atomic E-state index is 0.147. The number of aromatic amines is 1. The van der Waals surface area contributed by atoms with Crippen LogP contribution in [0, 0.1) is 6.92 Å². The summed E-state index contributed by atoms with van der Waals surface area (Å²) < 4.78 is 0. The molecule has 2 aromatic heterocycles. The number of carbonyl (C=O) groups is 1. The number of piperazine rings is 1. The largest absolute Gasteiger partial charge is 0.358 e. The molecule has 0 radical (unpaired) electrons. The van der Waals surface area contributed by atoms with Crippen molar-refractivity contribution in [2.45, 2.75) is 19.9 Å². The highest BCUT2D eigenvalue weighted by molar-refractivity contribution is 6.11. The van der Waals surface area contributed by atoms with Gasteiger partial charge in [-0.05, 0) is 26.0 Å². The van der Waals surface area contributed by atoms with Crippen LogP contribution >= 0.6 is 0 Å². The van der Waals surface area contributed by atoms with Crippen molar-refractivity contribution >= 4 is 22.6 Å². The second-order valence-electron chi connectivity index (χ2n) is 6.78. The fourth-order valence-electron chi connectivity index (χ4n) is 3.73. The van der Waals surface area contributed by atoms with Crippen LogP contribution in [-0.2, 0) is 0 Å². The molecule has 1 aromatic carbocycles. The Hall–Kier alpha value is -2.73. The lowest BCUT2D eigenvalue weighted by Gasteiger charge is -2.37. The molecule has 0 spiro atoms. The fourth-order valence-corrected chi connectivity index (χ4v) is 3.73. The van der Waals surface area contributed by atoms with Crippen LogP contribution in [0.1, 0.15) is 23.0 Å². The minimum atomic E-state index is -0.147. The summed E-state index contributed by atoms with van der Waals surface area (Å²) in [5, 5.41) is 1.01. The minimum Gasteiger partial charge on any atom is -0.358 e. The average molecular weight is 349 g/mol. The highest BCUT2D eigenvalue weighted by Gasteiger charge is 2.29. The molecule has 134 valence electrons. The van der Waals surface area contributed by atoms with Gasteiger partial charge in [0.15, 0.2) is 5.78 Å². The molecule has 1 aliphatic rings. The first kappa shape index (κ1) is 16.7. The first-order valence-corrected chi connectivity index (χ1v) is 9.02. The van der Waals surface area contributed by atoms with Gasteiger partial charge in [0.25, 0.3) is 0 Å². The second kappa shape index (κ2) is 6.88. The lowest BCUT2D eigenvalue weighted by Crippen LogP contribution is -2.52. The number of aromatic nitrogens is 3. The van der Waals surface area contributed by atoms with Gasteiger partial charge >= 0.3 is 0 Å². The van der Waals surface area contributed by atoms with Gasteiger partial charge in [0.2, 0.25) is 5.95 Å². The Balaban J connectivity index is 1.49. The van der Waals surface area contributed by atoms with E-state index in [0.29, 0.717) is 0 Å². The highest BCUT2D eigenvalue weighted by atomic mass is 16.1. The number of Topliss-reactive ketones (excluding diaryl/α,β-unsaturated/α-hetero) is 1. The predicted octanol–water partition coefficient (Wildman–Crippen LogP) is 2.66. The third-order valence-corrected chi connectivity index (χ3v) is 5.22. The number of ketones is 1. The molecule has 6 nitrogen and oxygen atoms in total. The second-order valence-corrected chi connectivity index (χ2v) is 6.78. The zero-order valence-corrected chi connectivity index (χ0v) is 15.1. The summed E-state index contributed by atoms with van der Waals surface area (Å²) in [6.07, 6.45) is 3.53. The summed E-state index contributed by atoms with van der Waals surface area (Å²) in [5.41, 5.74) is 2.79. The number of benzene rings is 1. The molecule has 0 saturated carbocycles. The molecule has 3 aromatic rings. The summed E-state index contributed by atoms with van der Waals surface area (Å²) in [6, 6.07) is 9.68. The van der Waals surface area contributed by atoms with Gasteiger partial charge in [-0.25, -0.2) is 9.97 Å². The molecule has 4 rings (SSSR count). The summed E-state index contributed by atoms with van der Waals surface area (Å²) in [7, 11) is 0. The maximum absolute atomic E-state index is 13.2. The zero-order chi connectivity index (χ0) is 18.1. The Morgan fingerprint density at radius 3 is 2.50 bits per heavy atom. The summed E-state index contributed by atoms with van der Waals surface area (Å²) >= 11 is 0. The number of nitrogens with zero attached hydrogens (tertiary/aromatic N) is 4. The van der Waals surface area contributed by atoms with Gasteiger partial charge in [-0.1, -0.05) is 18.2 Å². The first-order chi connectivity index (χ1) is 12.6. The van der Waals surface area contributed by atoms with Gasteiger partial charge < -0.3 is 9.88 Å². The van der Waals surface area contributed by atoms with Gasteiger partial charge in [-0.15, -0.1) is 0 Å². The van der Waals surface area contributed by atoms with E-state index in [1.165, 1.54) is 0 Å². The van der Waals surface area contributed by atoms with Crippen LogP contribution < -0.4 is 4.90 Å². The molecule has 0 aliphatic carbocycles. The van der Waals surface area contributed by atoms with Crippen molar-refractivity contribution in [2.75, 3.05) is 31.1 Å². The van der Waals surface area contributed by atoms with E-state index in [9.17, 15) is 4.79 Å². The van der Waals surface area contributed by atoms with Gasteiger partial charge in [0, 0.05) is 60.7 Å². The van der Waals surface area contributed by atoms with E-state index in [4.69, 9.17) is 0 Å². The average Bonchev–Trinajstić information content (AvgIpc) is 3.03. The maximum atomic E-state index is 13.2. The molecular weight excluding hydrogens is 326 g/mol. The molecule has 0 unspecified atom stereocenters. The van der Waals surface area contributed by atoms with Crippen molar-refractivity contribution in [3.05, 3.63) is 54.0 Å². The number of nitrogens with one attached hydrogen (secondary N) is 1. The van der Waals surface area contributed by atoms with E-state index in [-0.39, 0.29) is 11.8 Å². The summed E-state index contributed by atoms with van der Waals surface area (Å²) in [6.45, 7) is 7.30. The van der Waals surface area contributed by atoms with Gasteiger partial charge in [0.1, 0.15) is 0 Å². The van der Waals surface area contributed by atoms with Crippen molar-refractivity contribution in [2.24, 2.45) is 0 Å². The SMILES string of the molecule is Cc1[nH]c2ccccc2c1C(=O)[C@@H](C)N1CCN(c2ncccn2)CC1. The van der Waals surface area contributed by atoms with Crippen molar-refractivity contribution < 1.29 is 4.79 Å². The molecule has 26 heavy (non-hydrogen) atoms. The number of hydrogen-bond acceptors (Lipinski definition) is 5. The lowest BCUT2D eigenvalue weighted by atomic mass is 10.0. The maximum Gasteiger partial charge on any atom is 0.225 e. The molecule has 1 atom stereocenters. The number of carbonyl (C=O) groups excluding carboxylic acids is 1. The van der Waals surface area contributed by atoms with Crippen LogP contribution in [0.5, 0.6) is 0 Å². The third kappa shape index (κ3) is 2.97. The number of rotatable bonds is 4. The molecule has 6 heteroatoms. The van der Waals surface area contributed by atoms with Gasteiger partial charge in [0.05, 0.1) is 6.04 Å². The molecular formula is C20H23N5O. The van der Waals surface area contributed by atoms with Crippen molar-refractivity contribution in [3.63, 3.8) is 0 Å². The van der Waals surface area contributed by atoms with E-state index in [2.05, 4.69) is 24.8 Å². The number of anilines is 1. The van der Waals surface area contributed by atoms with Crippen LogP contribution in [0.4, 0.5) is 5.95 Å². The van der Waals surface area contributed by atoms with Crippen LogP contribution in [0.25, 0.3) is 10.9 Å². The number of aryl methyl sites for hydroxylation is 1. The van der Waals surface area contributed by atoms with Crippen molar-refractivity contribution in [1.29, 1.82) is 0 Å². The van der Waals surface area contributed by atoms with E-state index in [0.717, 1.165) is 54.3 Å². The molecule has 1 aliphatic heterocycles. The standard InChI is InChI=1S/C20H23N5O/c1-14-18(16-6-3-4-7-17(16)23-14)19(26)15(2)24-10-12-25(13-11-24)20-21-8-5-9-22-20/h3-9,15,23H,10-13H2,1-2H3/t15-/m1/s1. The number of fused-ring (bicyclic) bond motifs is 1. The molecule has 3 heterocycles. The lowest BCUT2D eigenvalue weighted by molar-refractivity contribution is 0.0830. The van der Waals surface area contributed by atoms with Crippen LogP contribution in [0.2, 0.25) is 0 Å². The predicted molar refractivity (Wildman–Crippen MR) is 103 cm³/mol. The van der Waals surface area contributed by atoms with Crippen molar-refractivity contribution in [3.8, 4) is 0 Å². The molecule has 0 bridgehead atoms. The normalized spacial score (nSPS) is 16.8. The Morgan fingerprint density at radius 1 is 1.08 bits per heavy atom. The zero-order valence-electron chi connectivity index (χ0n) is 15.1. The summed E-state index contributed by atoms with van der Waals surface area (Å²) in [4.78, 5) is 29.6. The van der Waals surface area contributed by atoms with Crippen molar-refractivity contribution in [1.82, 2.24) is 19.9 Å². The Morgan fingerprint density at radius 2 is 1.77 bits per heavy atom. The highest BCUT2D eigenvalue weighted by Crippen LogP contribution is 2.25. The fraction of sp³-hybridized carbons (Fsp3) is 0.350. The summed E-state index contributed by atoms with van der Waals surface area (Å²) in [5.74, 6) is 0.947. The Bertz CT molecular complexity index is 912. The monoisotopic (exact) mass is 349 g/mol. The van der Waals surface area contributed by atoms with Crippen LogP contribution in [0.3, 0.4) is 0 Å². The van der Waals surface area contributed by atoms with E-state index in [1.807, 2.05) is 44.2 Å². The number of H-pyrrole nitrogens is 1. The molecule has 0 amide bonds. The molecule has 1 saturated heterocycles. The molecule has 1 N–H and O–H groups in total. The van der Waals surface area contributed by atoms with Gasteiger partial charge in [-0.2, -0.15) is 0 Å². The van der Waals surface area contributed by atoms with Crippen LogP contribution in [-0.4, -0.2) is 57.9 Å². The van der Waals surface area contributed by atoms with Gasteiger partial charge in [-0.3, -0.25) is 9.69 Å². The smallest absolute Gasteiger partial charge is 0.225 e. The topological polar surface area (TPSA) is 65.1 Å². The third-order valence-electron chi connectivity index (χ3n) is 5.22. The number of hydrogen-bond donors (Lipinski definition) is 1. The van der Waals surface area contributed by atoms with E-state index < -0.39 is 0 Å². The molecule has 1 fully saturated rings. The van der Waals surface area contributed by atoms with E-state index in [1.54, 1.807) is 12.4 Å². The van der Waals surface area contributed by atoms with E-state index >= 15 is 0 Å². The number of para-hydroxylation sites is 1. The quantitative estimate of drug-likeness (QED) is 0.734.